The maximum absolute atomic E-state index is 13.7. The number of amides is 1. The number of nitrogens with one attached hydrogen (secondary N) is 1. The molecule has 1 amide bonds. The Balaban J connectivity index is 1.42. The Morgan fingerprint density at radius 3 is 2.53 bits per heavy atom. The maximum atomic E-state index is 13.7. The van der Waals surface area contributed by atoms with Gasteiger partial charge in [0.1, 0.15) is 11.6 Å². The van der Waals surface area contributed by atoms with Gasteiger partial charge in [-0.3, -0.25) is 13.9 Å². The zero-order valence-electron chi connectivity index (χ0n) is 18.3. The lowest BCUT2D eigenvalue weighted by Crippen LogP contribution is -2.33. The molecule has 0 radical (unpaired) electrons. The summed E-state index contributed by atoms with van der Waals surface area (Å²) in [5.41, 5.74) is 2.24. The normalized spacial score (nSPS) is 17.2. The number of rotatable bonds is 5. The van der Waals surface area contributed by atoms with Crippen LogP contribution in [0.4, 0.5) is 8.78 Å². The van der Waals surface area contributed by atoms with Gasteiger partial charge in [-0.25, -0.2) is 18.6 Å². The number of hydrazone groups is 1. The lowest BCUT2D eigenvalue weighted by molar-refractivity contribution is -0.132. The number of halogens is 2. The summed E-state index contributed by atoms with van der Waals surface area (Å²) in [6.07, 6.45) is 2.09. The zero-order valence-corrected chi connectivity index (χ0v) is 18.3. The van der Waals surface area contributed by atoms with Crippen LogP contribution in [0.1, 0.15) is 42.9 Å². The second-order valence-corrected chi connectivity index (χ2v) is 8.48. The summed E-state index contributed by atoms with van der Waals surface area (Å²) in [5.74, 6) is -1.61. The molecule has 0 saturated carbocycles. The largest absolute Gasteiger partial charge is 0.442 e. The van der Waals surface area contributed by atoms with Gasteiger partial charge in [-0.15, -0.1) is 0 Å². The summed E-state index contributed by atoms with van der Waals surface area (Å²) in [6, 6.07) is 10.6. The summed E-state index contributed by atoms with van der Waals surface area (Å²) in [6.45, 7) is 1.80. The minimum Gasteiger partial charge on any atom is -0.317 e. The van der Waals surface area contributed by atoms with Crippen molar-refractivity contribution in [3.63, 3.8) is 0 Å². The topological polar surface area (TPSA) is 92.7 Å². The summed E-state index contributed by atoms with van der Waals surface area (Å²) >= 11 is 0. The highest BCUT2D eigenvalue weighted by Crippen LogP contribution is 2.26. The predicted octanol–water partition coefficient (Wildman–Crippen LogP) is 3.23. The highest BCUT2D eigenvalue weighted by atomic mass is 19.1. The average Bonchev–Trinajstić information content (AvgIpc) is 3.22. The molecule has 0 unspecified atom stereocenters. The van der Waals surface area contributed by atoms with Crippen LogP contribution in [0.5, 0.6) is 0 Å². The molecule has 0 atom stereocenters. The Hall–Kier alpha value is -3.66. The molecule has 34 heavy (non-hydrogen) atoms. The van der Waals surface area contributed by atoms with Gasteiger partial charge >= 0.3 is 5.76 Å². The Kier molecular flexibility index (Phi) is 6.06. The summed E-state index contributed by atoms with van der Waals surface area (Å²) in [5, 5.41) is 13.0. The van der Waals surface area contributed by atoms with Gasteiger partial charge in [0, 0.05) is 36.1 Å². The van der Waals surface area contributed by atoms with E-state index in [-0.39, 0.29) is 24.9 Å². The molecule has 2 aliphatic heterocycles. The van der Waals surface area contributed by atoms with E-state index in [1.54, 1.807) is 4.57 Å². The molecule has 1 fully saturated rings. The first-order valence-corrected chi connectivity index (χ1v) is 11.2. The van der Waals surface area contributed by atoms with Crippen LogP contribution in [0.2, 0.25) is 0 Å². The van der Waals surface area contributed by atoms with Gasteiger partial charge in [0.2, 0.25) is 5.91 Å². The number of carbonyl (C=O) groups is 1. The molecule has 0 spiro atoms. The van der Waals surface area contributed by atoms with Crippen molar-refractivity contribution < 1.29 is 18.1 Å². The van der Waals surface area contributed by atoms with E-state index in [1.165, 1.54) is 17.1 Å². The van der Waals surface area contributed by atoms with Crippen LogP contribution in [0.15, 0.2) is 56.9 Å². The molecule has 1 N–H and O–H groups in total. The SMILES string of the molecule is O=C1CCC(c2cc(F)cc(F)c2)=NN1Cc1cccc(-c2noc(=O)n2C2CCNCC2)c1. The molecule has 8 nitrogen and oxygen atoms in total. The van der Waals surface area contributed by atoms with Crippen LogP contribution in [-0.4, -0.2) is 39.4 Å². The first-order valence-electron chi connectivity index (χ1n) is 11.2. The Morgan fingerprint density at radius 1 is 1.00 bits per heavy atom. The van der Waals surface area contributed by atoms with Gasteiger partial charge in [-0.05, 0) is 49.7 Å². The number of hydrogen-bond donors (Lipinski definition) is 1. The van der Waals surface area contributed by atoms with Crippen LogP contribution in [0, 0.1) is 11.6 Å². The fourth-order valence-corrected chi connectivity index (χ4v) is 4.47. The molecular formula is C24H23F2N5O3. The van der Waals surface area contributed by atoms with Gasteiger partial charge in [0.05, 0.1) is 12.3 Å². The molecular weight excluding hydrogens is 444 g/mol. The molecule has 10 heteroatoms. The summed E-state index contributed by atoms with van der Waals surface area (Å²) in [4.78, 5) is 24.9. The number of nitrogens with zero attached hydrogens (tertiary/aromatic N) is 4. The monoisotopic (exact) mass is 467 g/mol. The highest BCUT2D eigenvalue weighted by Gasteiger charge is 2.25. The fraction of sp³-hybridized carbons (Fsp3) is 0.333. The van der Waals surface area contributed by atoms with Crippen molar-refractivity contribution >= 4 is 11.6 Å². The molecule has 2 aliphatic rings. The van der Waals surface area contributed by atoms with Crippen molar-refractivity contribution in [2.24, 2.45) is 5.10 Å². The van der Waals surface area contributed by atoms with Crippen LogP contribution in [0.3, 0.4) is 0 Å². The minimum absolute atomic E-state index is 0.00106. The summed E-state index contributed by atoms with van der Waals surface area (Å²) in [7, 11) is 0. The van der Waals surface area contributed by atoms with Gasteiger partial charge in [0.25, 0.3) is 0 Å². The van der Waals surface area contributed by atoms with Crippen LogP contribution >= 0.6 is 0 Å². The van der Waals surface area contributed by atoms with E-state index in [1.807, 2.05) is 24.3 Å². The van der Waals surface area contributed by atoms with Crippen LogP contribution in [-0.2, 0) is 11.3 Å². The van der Waals surface area contributed by atoms with E-state index in [4.69, 9.17) is 4.52 Å². The van der Waals surface area contributed by atoms with Crippen LogP contribution < -0.4 is 11.1 Å². The van der Waals surface area contributed by atoms with Gasteiger partial charge in [0.15, 0.2) is 5.82 Å². The number of piperidine rings is 1. The molecule has 176 valence electrons. The number of hydrogen-bond acceptors (Lipinski definition) is 6. The first kappa shape index (κ1) is 22.1. The van der Waals surface area contributed by atoms with E-state index in [0.717, 1.165) is 37.6 Å². The van der Waals surface area contributed by atoms with Crippen LogP contribution in [0.25, 0.3) is 11.4 Å². The molecule has 3 heterocycles. The van der Waals surface area contributed by atoms with Gasteiger partial charge < -0.3 is 5.32 Å². The Labute approximate surface area is 193 Å². The first-order chi connectivity index (χ1) is 16.5. The van der Waals surface area contributed by atoms with E-state index >= 15 is 0 Å². The maximum Gasteiger partial charge on any atom is 0.442 e. The van der Waals surface area contributed by atoms with E-state index in [2.05, 4.69) is 15.6 Å². The van der Waals surface area contributed by atoms with Gasteiger partial charge in [-0.1, -0.05) is 23.4 Å². The average molecular weight is 467 g/mol. The molecule has 3 aromatic rings. The third-order valence-corrected chi connectivity index (χ3v) is 6.13. The molecule has 5 rings (SSSR count). The predicted molar refractivity (Wildman–Crippen MR) is 120 cm³/mol. The Bertz CT molecular complexity index is 1290. The Morgan fingerprint density at radius 2 is 1.76 bits per heavy atom. The highest BCUT2D eigenvalue weighted by molar-refractivity contribution is 6.04. The van der Waals surface area contributed by atoms with Crippen molar-refractivity contribution in [2.75, 3.05) is 13.1 Å². The fourth-order valence-electron chi connectivity index (χ4n) is 4.47. The smallest absolute Gasteiger partial charge is 0.317 e. The van der Waals surface area contributed by atoms with Gasteiger partial charge in [-0.2, -0.15) is 5.10 Å². The molecule has 1 aromatic heterocycles. The standard InChI is InChI=1S/C24H23F2N5O3/c25-18-11-17(12-19(26)13-18)21-4-5-22(32)30(28-21)14-15-2-1-3-16(10-15)23-29-34-24(33)31(23)20-6-8-27-9-7-20/h1-3,10-13,20,27H,4-9,14H2. The third kappa shape index (κ3) is 4.54. The van der Waals surface area contributed by atoms with Crippen molar-refractivity contribution in [3.05, 3.63) is 75.8 Å². The van der Waals surface area contributed by atoms with E-state index < -0.39 is 17.4 Å². The number of aromatic nitrogens is 2. The quantitative estimate of drug-likeness (QED) is 0.622. The minimum atomic E-state index is -0.693. The van der Waals surface area contributed by atoms with E-state index in [0.29, 0.717) is 29.1 Å². The second-order valence-electron chi connectivity index (χ2n) is 8.48. The molecule has 0 bridgehead atoms. The molecule has 0 aliphatic carbocycles. The number of carbonyl (C=O) groups excluding carboxylic acids is 1. The summed E-state index contributed by atoms with van der Waals surface area (Å²) < 4.78 is 33.9. The molecule has 2 aromatic carbocycles. The van der Waals surface area contributed by atoms with Crippen molar-refractivity contribution in [3.8, 4) is 11.4 Å². The second kappa shape index (κ2) is 9.30. The van der Waals surface area contributed by atoms with E-state index in [9.17, 15) is 18.4 Å². The number of benzene rings is 2. The lowest BCUT2D eigenvalue weighted by atomic mass is 10.0. The lowest BCUT2D eigenvalue weighted by Gasteiger charge is -2.24. The third-order valence-electron chi connectivity index (χ3n) is 6.13. The molecule has 1 saturated heterocycles. The zero-order chi connectivity index (χ0) is 23.7. The van der Waals surface area contributed by atoms with Crippen molar-refractivity contribution in [1.29, 1.82) is 0 Å². The van der Waals surface area contributed by atoms with Crippen molar-refractivity contribution in [2.45, 2.75) is 38.3 Å². The van der Waals surface area contributed by atoms with Crippen molar-refractivity contribution in [1.82, 2.24) is 20.0 Å².